The zero-order chi connectivity index (χ0) is 24.3. The largest absolute Gasteiger partial charge is 0.416 e. The molecule has 4 rings (SSSR count). The molecule has 0 bridgehead atoms. The van der Waals surface area contributed by atoms with Gasteiger partial charge in [-0.25, -0.2) is 9.37 Å². The van der Waals surface area contributed by atoms with E-state index < -0.39 is 23.5 Å². The highest BCUT2D eigenvalue weighted by atomic mass is 19.4. The van der Waals surface area contributed by atoms with Crippen molar-refractivity contribution in [3.05, 3.63) is 72.7 Å². The van der Waals surface area contributed by atoms with E-state index in [9.17, 15) is 22.4 Å². The number of nitrogens with one attached hydrogen (secondary N) is 3. The summed E-state index contributed by atoms with van der Waals surface area (Å²) in [5, 5.41) is 8.65. The summed E-state index contributed by atoms with van der Waals surface area (Å²) >= 11 is 0. The first-order valence-electron chi connectivity index (χ1n) is 10.5. The Morgan fingerprint density at radius 1 is 1.12 bits per heavy atom. The minimum Gasteiger partial charge on any atom is -0.351 e. The average molecular weight is 471 g/mol. The molecule has 1 aliphatic carbocycles. The van der Waals surface area contributed by atoms with Gasteiger partial charge in [-0.15, -0.1) is 0 Å². The minimum absolute atomic E-state index is 0.0170. The van der Waals surface area contributed by atoms with Gasteiger partial charge in [0.2, 0.25) is 11.9 Å². The molecule has 1 saturated carbocycles. The van der Waals surface area contributed by atoms with E-state index in [1.807, 2.05) is 0 Å². The maximum atomic E-state index is 14.6. The lowest BCUT2D eigenvalue weighted by Gasteiger charge is -2.26. The molecule has 1 fully saturated rings. The standard InChI is InChI=1S/C24H21F4N5O/c1-2-21(34)30-17-10-11-19(25)20(12-17)32-22-18(13-29-23(33-22)31-16-4-3-5-16)14-6-8-15(9-7-14)24(26,27)28/h2,6-13,16H,1,3-5H2,(H,30,34)(H2,29,31,32,33). The highest BCUT2D eigenvalue weighted by Gasteiger charge is 2.30. The molecule has 6 nitrogen and oxygen atoms in total. The monoisotopic (exact) mass is 471 g/mol. The van der Waals surface area contributed by atoms with Crippen LogP contribution in [0.25, 0.3) is 11.1 Å². The Morgan fingerprint density at radius 2 is 1.85 bits per heavy atom. The van der Waals surface area contributed by atoms with E-state index in [1.54, 1.807) is 0 Å². The number of anilines is 4. The number of carbonyl (C=O) groups is 1. The number of hydrogen-bond donors (Lipinski definition) is 3. The van der Waals surface area contributed by atoms with Gasteiger partial charge in [-0.05, 0) is 61.2 Å². The summed E-state index contributed by atoms with van der Waals surface area (Å²) in [5.41, 5.74) is 0.358. The second-order valence-corrected chi connectivity index (χ2v) is 7.82. The highest BCUT2D eigenvalue weighted by Crippen LogP contribution is 2.35. The van der Waals surface area contributed by atoms with Gasteiger partial charge in [0.25, 0.3) is 0 Å². The summed E-state index contributed by atoms with van der Waals surface area (Å²) in [7, 11) is 0. The fourth-order valence-corrected chi connectivity index (χ4v) is 3.35. The zero-order valence-electron chi connectivity index (χ0n) is 17.9. The molecule has 34 heavy (non-hydrogen) atoms. The van der Waals surface area contributed by atoms with Crippen LogP contribution in [0.4, 0.5) is 40.7 Å². The van der Waals surface area contributed by atoms with Crippen molar-refractivity contribution in [2.45, 2.75) is 31.5 Å². The minimum atomic E-state index is -4.47. The number of carbonyl (C=O) groups excluding carboxylic acids is 1. The number of rotatable bonds is 7. The van der Waals surface area contributed by atoms with Crippen LogP contribution in [0.5, 0.6) is 0 Å². The molecule has 0 unspecified atom stereocenters. The number of halogens is 4. The predicted octanol–water partition coefficient (Wildman–Crippen LogP) is 6.13. The number of benzene rings is 2. The Kier molecular flexibility index (Phi) is 6.49. The quantitative estimate of drug-likeness (QED) is 0.285. The van der Waals surface area contributed by atoms with Crippen molar-refractivity contribution < 1.29 is 22.4 Å². The van der Waals surface area contributed by atoms with Crippen LogP contribution in [0.1, 0.15) is 24.8 Å². The Bertz CT molecular complexity index is 1210. The van der Waals surface area contributed by atoms with Gasteiger partial charge in [0, 0.05) is 23.5 Å². The molecular formula is C24H21F4N5O. The van der Waals surface area contributed by atoms with Crippen LogP contribution in [-0.4, -0.2) is 21.9 Å². The summed E-state index contributed by atoms with van der Waals surface area (Å²) < 4.78 is 53.5. The molecule has 176 valence electrons. The van der Waals surface area contributed by atoms with Crippen molar-refractivity contribution >= 4 is 29.0 Å². The normalized spacial score (nSPS) is 13.6. The van der Waals surface area contributed by atoms with E-state index in [1.165, 1.54) is 36.5 Å². The molecule has 1 amide bonds. The van der Waals surface area contributed by atoms with Gasteiger partial charge in [0.05, 0.1) is 11.3 Å². The fraction of sp³-hybridized carbons (Fsp3) is 0.208. The third kappa shape index (κ3) is 5.33. The fourth-order valence-electron chi connectivity index (χ4n) is 3.35. The molecule has 0 atom stereocenters. The molecule has 3 N–H and O–H groups in total. The average Bonchev–Trinajstić information content (AvgIpc) is 2.78. The Balaban J connectivity index is 1.70. The summed E-state index contributed by atoms with van der Waals surface area (Å²) in [6.45, 7) is 3.38. The first-order chi connectivity index (χ1) is 16.2. The van der Waals surface area contributed by atoms with Crippen molar-refractivity contribution in [2.75, 3.05) is 16.0 Å². The van der Waals surface area contributed by atoms with Gasteiger partial charge >= 0.3 is 6.18 Å². The van der Waals surface area contributed by atoms with Crippen LogP contribution in [0.15, 0.2) is 61.3 Å². The van der Waals surface area contributed by atoms with Crippen molar-refractivity contribution in [1.82, 2.24) is 9.97 Å². The van der Waals surface area contributed by atoms with E-state index >= 15 is 0 Å². The van der Waals surface area contributed by atoms with Crippen LogP contribution in [0, 0.1) is 5.82 Å². The number of aromatic nitrogens is 2. The number of nitrogens with zero attached hydrogens (tertiary/aromatic N) is 2. The van der Waals surface area contributed by atoms with Crippen LogP contribution in [0.3, 0.4) is 0 Å². The zero-order valence-corrected chi connectivity index (χ0v) is 17.9. The van der Waals surface area contributed by atoms with Gasteiger partial charge in [-0.2, -0.15) is 18.2 Å². The molecule has 0 aliphatic heterocycles. The molecule has 1 heterocycles. The number of alkyl halides is 3. The lowest BCUT2D eigenvalue weighted by molar-refractivity contribution is -0.137. The second kappa shape index (κ2) is 9.50. The molecule has 3 aromatic rings. The maximum Gasteiger partial charge on any atom is 0.416 e. The predicted molar refractivity (Wildman–Crippen MR) is 122 cm³/mol. The van der Waals surface area contributed by atoms with E-state index in [-0.39, 0.29) is 17.5 Å². The Morgan fingerprint density at radius 3 is 2.47 bits per heavy atom. The molecule has 1 aromatic heterocycles. The molecule has 2 aromatic carbocycles. The van der Waals surface area contributed by atoms with Crippen LogP contribution in [0.2, 0.25) is 0 Å². The van der Waals surface area contributed by atoms with E-state index in [2.05, 4.69) is 32.5 Å². The Hall–Kier alpha value is -3.95. The third-order valence-corrected chi connectivity index (χ3v) is 5.42. The lowest BCUT2D eigenvalue weighted by Crippen LogP contribution is -2.28. The van der Waals surface area contributed by atoms with Gasteiger partial charge < -0.3 is 16.0 Å². The first-order valence-corrected chi connectivity index (χ1v) is 10.5. The van der Waals surface area contributed by atoms with Crippen molar-refractivity contribution in [3.8, 4) is 11.1 Å². The number of amides is 1. The van der Waals surface area contributed by atoms with Gasteiger partial charge in [-0.1, -0.05) is 18.7 Å². The molecule has 1 aliphatic rings. The molecule has 10 heteroatoms. The summed E-state index contributed by atoms with van der Waals surface area (Å²) in [6, 6.07) is 8.73. The topological polar surface area (TPSA) is 78.9 Å². The second-order valence-electron chi connectivity index (χ2n) is 7.82. The van der Waals surface area contributed by atoms with Crippen LogP contribution >= 0.6 is 0 Å². The highest BCUT2D eigenvalue weighted by molar-refractivity contribution is 5.99. The smallest absolute Gasteiger partial charge is 0.351 e. The lowest BCUT2D eigenvalue weighted by atomic mass is 9.93. The van der Waals surface area contributed by atoms with Crippen LogP contribution in [-0.2, 0) is 11.0 Å². The van der Waals surface area contributed by atoms with Crippen molar-refractivity contribution in [1.29, 1.82) is 0 Å². The summed E-state index contributed by atoms with van der Waals surface area (Å²) in [4.78, 5) is 20.4. The van der Waals surface area contributed by atoms with Crippen molar-refractivity contribution in [3.63, 3.8) is 0 Å². The van der Waals surface area contributed by atoms with Gasteiger partial charge in [-0.3, -0.25) is 4.79 Å². The first kappa shape index (κ1) is 23.2. The molecule has 0 saturated heterocycles. The maximum absolute atomic E-state index is 14.6. The van der Waals surface area contributed by atoms with Crippen molar-refractivity contribution in [2.24, 2.45) is 0 Å². The molecular weight excluding hydrogens is 450 g/mol. The number of hydrogen-bond acceptors (Lipinski definition) is 5. The SMILES string of the molecule is C=CC(=O)Nc1ccc(F)c(Nc2nc(NC3CCC3)ncc2-c2ccc(C(F)(F)F)cc2)c1. The van der Waals surface area contributed by atoms with Crippen LogP contribution < -0.4 is 16.0 Å². The van der Waals surface area contributed by atoms with E-state index in [0.29, 0.717) is 22.8 Å². The van der Waals surface area contributed by atoms with E-state index in [0.717, 1.165) is 37.5 Å². The van der Waals surface area contributed by atoms with Gasteiger partial charge in [0.15, 0.2) is 0 Å². The molecule has 0 spiro atoms. The van der Waals surface area contributed by atoms with E-state index in [4.69, 9.17) is 0 Å². The molecule has 0 radical (unpaired) electrons. The summed E-state index contributed by atoms with van der Waals surface area (Å²) in [6.07, 6.45) is 1.15. The Labute approximate surface area is 193 Å². The van der Waals surface area contributed by atoms with Gasteiger partial charge in [0.1, 0.15) is 11.6 Å². The summed E-state index contributed by atoms with van der Waals surface area (Å²) in [5.74, 6) is -0.554. The third-order valence-electron chi connectivity index (χ3n) is 5.42.